The fourth-order valence-corrected chi connectivity index (χ4v) is 3.32. The predicted octanol–water partition coefficient (Wildman–Crippen LogP) is 4.97. The van der Waals surface area contributed by atoms with Gasteiger partial charge in [0, 0.05) is 16.7 Å². The van der Waals surface area contributed by atoms with E-state index < -0.39 is 0 Å². The van der Waals surface area contributed by atoms with E-state index >= 15 is 0 Å². The second-order valence-corrected chi connectivity index (χ2v) is 6.23. The van der Waals surface area contributed by atoms with Crippen molar-refractivity contribution in [3.63, 3.8) is 0 Å². The van der Waals surface area contributed by atoms with Gasteiger partial charge in [0.2, 0.25) is 0 Å². The highest BCUT2D eigenvalue weighted by Crippen LogP contribution is 2.26. The average Bonchev–Trinajstić information content (AvgIpc) is 2.48. The molecule has 2 rings (SSSR count). The standard InChI is InChI=1S/C18H22FNS/c1-3-11-20-18(17-10-5-4-7-14(17)2)13-21-16-9-6-8-15(19)12-16/h4-10,12,18,20H,3,11,13H2,1-2H3. The molecular weight excluding hydrogens is 281 g/mol. The molecule has 0 fully saturated rings. The molecule has 112 valence electrons. The first kappa shape index (κ1) is 16.1. The molecule has 0 bridgehead atoms. The molecule has 0 aliphatic heterocycles. The van der Waals surface area contributed by atoms with Crippen LogP contribution < -0.4 is 5.32 Å². The molecule has 2 aromatic rings. The van der Waals surface area contributed by atoms with Gasteiger partial charge >= 0.3 is 0 Å². The minimum atomic E-state index is -0.172. The summed E-state index contributed by atoms with van der Waals surface area (Å²) in [6.07, 6.45) is 1.10. The van der Waals surface area contributed by atoms with E-state index in [0.29, 0.717) is 6.04 Å². The van der Waals surface area contributed by atoms with Gasteiger partial charge in [-0.05, 0) is 49.2 Å². The lowest BCUT2D eigenvalue weighted by atomic mass is 10.0. The SMILES string of the molecule is CCCNC(CSc1cccc(F)c1)c1ccccc1C. The van der Waals surface area contributed by atoms with Crippen molar-refractivity contribution in [2.24, 2.45) is 0 Å². The Bertz CT molecular complexity index is 571. The lowest BCUT2D eigenvalue weighted by Gasteiger charge is -2.20. The molecule has 0 amide bonds. The summed E-state index contributed by atoms with van der Waals surface area (Å²) in [5, 5.41) is 3.60. The summed E-state index contributed by atoms with van der Waals surface area (Å²) < 4.78 is 13.3. The van der Waals surface area contributed by atoms with E-state index in [1.54, 1.807) is 23.9 Å². The minimum absolute atomic E-state index is 0.172. The summed E-state index contributed by atoms with van der Waals surface area (Å²) >= 11 is 1.69. The summed E-state index contributed by atoms with van der Waals surface area (Å²) in [5.74, 6) is 0.725. The van der Waals surface area contributed by atoms with Gasteiger partial charge in [-0.1, -0.05) is 37.3 Å². The molecule has 0 saturated heterocycles. The molecule has 0 spiro atoms. The Labute approximate surface area is 131 Å². The van der Waals surface area contributed by atoms with Gasteiger partial charge in [-0.15, -0.1) is 11.8 Å². The fraction of sp³-hybridized carbons (Fsp3) is 0.333. The van der Waals surface area contributed by atoms with Crippen molar-refractivity contribution in [1.82, 2.24) is 5.32 Å². The first-order valence-corrected chi connectivity index (χ1v) is 8.36. The van der Waals surface area contributed by atoms with E-state index in [1.807, 2.05) is 6.07 Å². The number of hydrogen-bond donors (Lipinski definition) is 1. The topological polar surface area (TPSA) is 12.0 Å². The Morgan fingerprint density at radius 3 is 2.67 bits per heavy atom. The molecule has 0 aliphatic carbocycles. The molecule has 3 heteroatoms. The predicted molar refractivity (Wildman–Crippen MR) is 89.3 cm³/mol. The Morgan fingerprint density at radius 2 is 1.95 bits per heavy atom. The van der Waals surface area contributed by atoms with Crippen LogP contribution in [0.2, 0.25) is 0 Å². The Kier molecular flexibility index (Phi) is 6.27. The summed E-state index contributed by atoms with van der Waals surface area (Å²) in [4.78, 5) is 0.979. The molecule has 0 aliphatic rings. The number of aryl methyl sites for hydroxylation is 1. The molecule has 1 N–H and O–H groups in total. The Morgan fingerprint density at radius 1 is 1.14 bits per heavy atom. The van der Waals surface area contributed by atoms with Gasteiger partial charge in [0.1, 0.15) is 5.82 Å². The lowest BCUT2D eigenvalue weighted by molar-refractivity contribution is 0.575. The zero-order valence-corrected chi connectivity index (χ0v) is 13.4. The van der Waals surface area contributed by atoms with Crippen molar-refractivity contribution in [2.75, 3.05) is 12.3 Å². The average molecular weight is 303 g/mol. The number of halogens is 1. The largest absolute Gasteiger partial charge is 0.309 e. The van der Waals surface area contributed by atoms with Crippen LogP contribution >= 0.6 is 11.8 Å². The smallest absolute Gasteiger partial charge is 0.124 e. The molecule has 0 aromatic heterocycles. The van der Waals surface area contributed by atoms with Crippen molar-refractivity contribution in [1.29, 1.82) is 0 Å². The van der Waals surface area contributed by atoms with Crippen LogP contribution in [-0.4, -0.2) is 12.3 Å². The van der Waals surface area contributed by atoms with Crippen molar-refractivity contribution >= 4 is 11.8 Å². The molecule has 1 atom stereocenters. The maximum atomic E-state index is 13.3. The molecule has 1 unspecified atom stereocenters. The molecule has 1 nitrogen and oxygen atoms in total. The van der Waals surface area contributed by atoms with Crippen molar-refractivity contribution in [2.45, 2.75) is 31.2 Å². The molecule has 0 saturated carbocycles. The Balaban J connectivity index is 2.08. The number of hydrogen-bond acceptors (Lipinski definition) is 2. The zero-order valence-electron chi connectivity index (χ0n) is 12.6. The second kappa shape index (κ2) is 8.20. The van der Waals surface area contributed by atoms with Crippen molar-refractivity contribution in [3.8, 4) is 0 Å². The van der Waals surface area contributed by atoms with Crippen LogP contribution in [0.15, 0.2) is 53.4 Å². The molecule has 2 aromatic carbocycles. The van der Waals surface area contributed by atoms with Gasteiger partial charge in [0.15, 0.2) is 0 Å². The third-order valence-corrected chi connectivity index (χ3v) is 4.50. The third kappa shape index (κ3) is 4.87. The highest BCUT2D eigenvalue weighted by Gasteiger charge is 2.13. The first-order valence-electron chi connectivity index (χ1n) is 7.38. The number of rotatable bonds is 7. The van der Waals surface area contributed by atoms with Crippen LogP contribution in [0, 0.1) is 12.7 Å². The lowest BCUT2D eigenvalue weighted by Crippen LogP contribution is -2.24. The van der Waals surface area contributed by atoms with E-state index in [0.717, 1.165) is 23.6 Å². The summed E-state index contributed by atoms with van der Waals surface area (Å²) in [6.45, 7) is 5.30. The summed E-state index contributed by atoms with van der Waals surface area (Å²) in [6, 6.07) is 15.6. The van der Waals surface area contributed by atoms with E-state index in [4.69, 9.17) is 0 Å². The maximum Gasteiger partial charge on any atom is 0.124 e. The van der Waals surface area contributed by atoms with Crippen molar-refractivity contribution in [3.05, 3.63) is 65.5 Å². The van der Waals surface area contributed by atoms with Crippen LogP contribution in [0.4, 0.5) is 4.39 Å². The highest BCUT2D eigenvalue weighted by molar-refractivity contribution is 7.99. The maximum absolute atomic E-state index is 13.3. The van der Waals surface area contributed by atoms with Gasteiger partial charge in [0.05, 0.1) is 0 Å². The zero-order chi connectivity index (χ0) is 15.1. The van der Waals surface area contributed by atoms with Gasteiger partial charge in [-0.25, -0.2) is 4.39 Å². The third-order valence-electron chi connectivity index (χ3n) is 3.42. The van der Waals surface area contributed by atoms with Crippen LogP contribution in [-0.2, 0) is 0 Å². The van der Waals surface area contributed by atoms with Gasteiger partial charge in [-0.2, -0.15) is 0 Å². The van der Waals surface area contributed by atoms with E-state index in [2.05, 4.69) is 43.4 Å². The van der Waals surface area contributed by atoms with E-state index in [1.165, 1.54) is 17.2 Å². The monoisotopic (exact) mass is 303 g/mol. The molecule has 21 heavy (non-hydrogen) atoms. The number of nitrogens with one attached hydrogen (secondary N) is 1. The highest BCUT2D eigenvalue weighted by atomic mass is 32.2. The van der Waals surface area contributed by atoms with Crippen LogP contribution in [0.1, 0.15) is 30.5 Å². The molecule has 0 heterocycles. The van der Waals surface area contributed by atoms with Crippen LogP contribution in [0.5, 0.6) is 0 Å². The molecular formula is C18H22FNS. The number of benzene rings is 2. The first-order chi connectivity index (χ1) is 10.2. The van der Waals surface area contributed by atoms with Crippen LogP contribution in [0.3, 0.4) is 0 Å². The second-order valence-electron chi connectivity index (χ2n) is 5.13. The van der Waals surface area contributed by atoms with E-state index in [9.17, 15) is 4.39 Å². The quantitative estimate of drug-likeness (QED) is 0.725. The van der Waals surface area contributed by atoms with Gasteiger partial charge < -0.3 is 5.32 Å². The Hall–Kier alpha value is -1.32. The summed E-state index contributed by atoms with van der Waals surface area (Å²) in [5.41, 5.74) is 2.63. The minimum Gasteiger partial charge on any atom is -0.309 e. The van der Waals surface area contributed by atoms with E-state index in [-0.39, 0.29) is 5.82 Å². The van der Waals surface area contributed by atoms with Gasteiger partial charge in [0.25, 0.3) is 0 Å². The summed E-state index contributed by atoms with van der Waals surface area (Å²) in [7, 11) is 0. The van der Waals surface area contributed by atoms with Crippen molar-refractivity contribution < 1.29 is 4.39 Å². The number of thioether (sulfide) groups is 1. The van der Waals surface area contributed by atoms with Crippen LogP contribution in [0.25, 0.3) is 0 Å². The fourth-order valence-electron chi connectivity index (χ4n) is 2.29. The normalized spacial score (nSPS) is 12.3. The molecule has 0 radical (unpaired) electrons. The van der Waals surface area contributed by atoms with Gasteiger partial charge in [-0.3, -0.25) is 0 Å².